The van der Waals surface area contributed by atoms with Crippen molar-refractivity contribution in [2.24, 2.45) is 22.9 Å². The summed E-state index contributed by atoms with van der Waals surface area (Å²) < 4.78 is 23.5. The van der Waals surface area contributed by atoms with Gasteiger partial charge in [-0.25, -0.2) is 0 Å². The van der Waals surface area contributed by atoms with Gasteiger partial charge >= 0.3 is 0 Å². The molecule has 0 bridgehead atoms. The van der Waals surface area contributed by atoms with Gasteiger partial charge in [-0.1, -0.05) is 0 Å². The third kappa shape index (κ3) is 8.98. The van der Waals surface area contributed by atoms with Gasteiger partial charge in [-0.2, -0.15) is 0 Å². The number of hydrogen-bond donors (Lipinski definition) is 14. The lowest BCUT2D eigenvalue weighted by molar-refractivity contribution is -0.314. The van der Waals surface area contributed by atoms with Crippen LogP contribution in [0.3, 0.4) is 0 Å². The molecule has 3 aliphatic rings. The van der Waals surface area contributed by atoms with Crippen molar-refractivity contribution in [2.75, 3.05) is 32.9 Å². The number of amides is 1. The summed E-state index contributed by atoms with van der Waals surface area (Å²) in [6, 6.07) is -5.57. The molecule has 0 aromatic rings. The Balaban J connectivity index is 1.82. The van der Waals surface area contributed by atoms with Gasteiger partial charge in [0.05, 0.1) is 56.2 Å². The summed E-state index contributed by atoms with van der Waals surface area (Å²) in [6.07, 6.45) is -14.1. The minimum atomic E-state index is -1.98. The molecule has 1 aliphatic carbocycles. The molecule has 0 radical (unpaired) electrons. The van der Waals surface area contributed by atoms with Crippen LogP contribution in [0.1, 0.15) is 19.3 Å². The van der Waals surface area contributed by atoms with E-state index in [0.717, 1.165) is 0 Å². The van der Waals surface area contributed by atoms with Crippen LogP contribution in [0, 0.1) is 0 Å². The maximum absolute atomic E-state index is 12.9. The van der Waals surface area contributed by atoms with E-state index in [0.29, 0.717) is 25.9 Å². The van der Waals surface area contributed by atoms with E-state index in [2.05, 4.69) is 10.6 Å². The maximum atomic E-state index is 12.9. The van der Waals surface area contributed by atoms with Crippen LogP contribution in [0.5, 0.6) is 0 Å². The van der Waals surface area contributed by atoms with E-state index in [1.54, 1.807) is 0 Å². The molecule has 7 unspecified atom stereocenters. The van der Waals surface area contributed by atoms with E-state index in [9.17, 15) is 35.4 Å². The van der Waals surface area contributed by atoms with Gasteiger partial charge in [0.15, 0.2) is 12.6 Å². The molecule has 2 heterocycles. The maximum Gasteiger partial charge on any atom is 0.250 e. The molecule has 3 fully saturated rings. The zero-order valence-electron chi connectivity index (χ0n) is 24.3. The molecule has 0 aromatic heterocycles. The number of aliphatic hydroxyl groups excluding tert-OH is 8. The van der Waals surface area contributed by atoms with Gasteiger partial charge in [0, 0.05) is 19.1 Å². The lowest BCUT2D eigenvalue weighted by atomic mass is 9.83. The molecule has 2 saturated heterocycles. The second kappa shape index (κ2) is 17.1. The first-order valence-corrected chi connectivity index (χ1v) is 14.7. The number of nitrogens with two attached hydrogens (primary N) is 4. The number of rotatable bonds is 14. The van der Waals surface area contributed by atoms with Crippen molar-refractivity contribution >= 4 is 5.91 Å². The van der Waals surface area contributed by atoms with Crippen LogP contribution >= 0.6 is 0 Å². The molecule has 19 nitrogen and oxygen atoms in total. The first-order chi connectivity index (χ1) is 20.8. The summed E-state index contributed by atoms with van der Waals surface area (Å²) in [7, 11) is 0. The van der Waals surface area contributed by atoms with Crippen LogP contribution in [0.25, 0.3) is 0 Å². The summed E-state index contributed by atoms with van der Waals surface area (Å²) in [5.41, 5.74) is 24.2. The Labute approximate surface area is 254 Å². The Morgan fingerprint density at radius 2 is 1.59 bits per heavy atom. The second-order valence-electron chi connectivity index (χ2n) is 11.6. The zero-order valence-corrected chi connectivity index (χ0v) is 24.3. The smallest absolute Gasteiger partial charge is 0.250 e. The Morgan fingerprint density at radius 1 is 0.909 bits per heavy atom. The highest BCUT2D eigenvalue weighted by Crippen LogP contribution is 2.31. The average Bonchev–Trinajstić information content (AvgIpc) is 3.01. The lowest BCUT2D eigenvalue weighted by Gasteiger charge is -2.48. The Bertz CT molecular complexity index is 882. The van der Waals surface area contributed by atoms with Crippen LogP contribution < -0.4 is 33.6 Å². The Morgan fingerprint density at radius 3 is 2.23 bits per heavy atom. The van der Waals surface area contributed by atoms with E-state index >= 15 is 0 Å². The number of carbonyl (C=O) groups excluding carboxylic acids is 1. The fourth-order valence-corrected chi connectivity index (χ4v) is 5.55. The van der Waals surface area contributed by atoms with Crippen LogP contribution in [-0.4, -0.2) is 177 Å². The molecular formula is C25H50N6O13. The van der Waals surface area contributed by atoms with Crippen LogP contribution in [0.2, 0.25) is 0 Å². The number of ether oxygens (including phenoxy) is 4. The van der Waals surface area contributed by atoms with E-state index in [4.69, 9.17) is 52.1 Å². The van der Waals surface area contributed by atoms with E-state index in [1.165, 1.54) is 0 Å². The standard InChI is InChI=1S/C25H50N6O13/c26-10-2-1-9(6-30-3-4-32)41-24(10)43-21-11(27)5-12(31-23(40)18(37)15(28)13(35)7-33)22(20(21)39)44-25-19(38)16(29)17(36)14(8-34)42-25/h9-22,24-25,30,32-39H,1-8,26-29H2,(H,31,40)/t9-,10?,11-,12+,13-,14?,15-,16-,17?,18-,19?,20?,21?,22?,24+,25+/m0/s1. The molecule has 19 heteroatoms. The predicted octanol–water partition coefficient (Wildman–Crippen LogP) is -8.44. The van der Waals surface area contributed by atoms with Gasteiger partial charge in [0.2, 0.25) is 0 Å². The largest absolute Gasteiger partial charge is 0.395 e. The second-order valence-corrected chi connectivity index (χ2v) is 11.6. The fraction of sp³-hybridized carbons (Fsp3) is 0.960. The third-order valence-electron chi connectivity index (χ3n) is 8.29. The van der Waals surface area contributed by atoms with Crippen LogP contribution in [0.15, 0.2) is 0 Å². The van der Waals surface area contributed by atoms with Crippen molar-refractivity contribution in [2.45, 2.75) is 117 Å². The average molecular weight is 643 g/mol. The number of nitrogens with one attached hydrogen (secondary N) is 2. The number of carbonyl (C=O) groups is 1. The van der Waals surface area contributed by atoms with Gasteiger partial charge < -0.3 is 93.4 Å². The normalized spacial score (nSPS) is 42.0. The van der Waals surface area contributed by atoms with Gasteiger partial charge in [-0.15, -0.1) is 0 Å². The summed E-state index contributed by atoms with van der Waals surface area (Å²) in [4.78, 5) is 12.9. The van der Waals surface area contributed by atoms with Crippen molar-refractivity contribution in [1.82, 2.24) is 10.6 Å². The molecular weight excluding hydrogens is 592 g/mol. The number of aliphatic hydroxyl groups is 8. The lowest BCUT2D eigenvalue weighted by Crippen LogP contribution is -2.69. The Kier molecular flexibility index (Phi) is 14.5. The fourth-order valence-electron chi connectivity index (χ4n) is 5.55. The Hall–Kier alpha value is -1.21. The predicted molar refractivity (Wildman–Crippen MR) is 149 cm³/mol. The van der Waals surface area contributed by atoms with E-state index < -0.39 is 111 Å². The number of hydrogen-bond acceptors (Lipinski definition) is 18. The zero-order chi connectivity index (χ0) is 32.7. The molecule has 1 amide bonds. The van der Waals surface area contributed by atoms with Gasteiger partial charge in [0.1, 0.15) is 42.7 Å². The highest BCUT2D eigenvalue weighted by atomic mass is 16.7. The molecule has 3 rings (SSSR count). The monoisotopic (exact) mass is 642 g/mol. The van der Waals surface area contributed by atoms with Gasteiger partial charge in [-0.05, 0) is 19.3 Å². The van der Waals surface area contributed by atoms with Crippen LogP contribution in [0.4, 0.5) is 0 Å². The van der Waals surface area contributed by atoms with E-state index in [-0.39, 0.29) is 19.1 Å². The highest BCUT2D eigenvalue weighted by Gasteiger charge is 2.51. The summed E-state index contributed by atoms with van der Waals surface area (Å²) >= 11 is 0. The van der Waals surface area contributed by atoms with Crippen molar-refractivity contribution in [3.8, 4) is 0 Å². The summed E-state index contributed by atoms with van der Waals surface area (Å²) in [5.74, 6) is -1.08. The minimum Gasteiger partial charge on any atom is -0.395 e. The topological polar surface area (TPSA) is 344 Å². The van der Waals surface area contributed by atoms with Crippen LogP contribution in [-0.2, 0) is 23.7 Å². The SMILES string of the molecule is NC1CC[C@@H](CNCCO)O[C@@H]1OC1C(O)C(O[C@H]2OC(CO)C(O)[C@H](N)C2O)[C@H](NC(=O)[C@@H](O)[C@@H](N)[C@@H](O)CO)C[C@@H]1N. The molecule has 16 atom stereocenters. The minimum absolute atomic E-state index is 0.0539. The van der Waals surface area contributed by atoms with Gasteiger partial charge in [-0.3, -0.25) is 4.79 Å². The quantitative estimate of drug-likeness (QED) is 0.0782. The summed E-state index contributed by atoms with van der Waals surface area (Å²) in [5, 5.41) is 85.9. The molecule has 2 aliphatic heterocycles. The van der Waals surface area contributed by atoms with E-state index in [1.807, 2.05) is 0 Å². The first kappa shape index (κ1) is 37.2. The molecule has 0 aromatic carbocycles. The third-order valence-corrected chi connectivity index (χ3v) is 8.29. The van der Waals surface area contributed by atoms with Crippen molar-refractivity contribution in [3.63, 3.8) is 0 Å². The van der Waals surface area contributed by atoms with Crippen molar-refractivity contribution in [1.29, 1.82) is 0 Å². The van der Waals surface area contributed by atoms with Crippen molar-refractivity contribution < 1.29 is 64.6 Å². The molecule has 18 N–H and O–H groups in total. The summed E-state index contributed by atoms with van der Waals surface area (Å²) in [6.45, 7) is -0.768. The molecule has 1 saturated carbocycles. The van der Waals surface area contributed by atoms with Gasteiger partial charge in [0.25, 0.3) is 5.91 Å². The highest BCUT2D eigenvalue weighted by molar-refractivity contribution is 5.81. The van der Waals surface area contributed by atoms with Crippen molar-refractivity contribution in [3.05, 3.63) is 0 Å². The molecule has 0 spiro atoms. The molecule has 258 valence electrons. The first-order valence-electron chi connectivity index (χ1n) is 14.7. The molecule has 44 heavy (non-hydrogen) atoms.